The lowest BCUT2D eigenvalue weighted by Gasteiger charge is -2.35. The maximum absolute atomic E-state index is 12.9. The third-order valence-corrected chi connectivity index (χ3v) is 6.48. The van der Waals surface area contributed by atoms with E-state index in [-0.39, 0.29) is 12.1 Å². The van der Waals surface area contributed by atoms with Gasteiger partial charge in [0.2, 0.25) is 5.91 Å². The Bertz CT molecular complexity index is 325. The monoisotopic (exact) mass is 316 g/mol. The lowest BCUT2D eigenvalue weighted by molar-refractivity contribution is -0.136. The van der Waals surface area contributed by atoms with E-state index in [1.807, 2.05) is 23.5 Å². The second kappa shape index (κ2) is 7.38. The van der Waals surface area contributed by atoms with Crippen LogP contribution in [0.15, 0.2) is 0 Å². The van der Waals surface area contributed by atoms with Crippen LogP contribution < -0.4 is 5.32 Å². The van der Waals surface area contributed by atoms with Gasteiger partial charge in [-0.25, -0.2) is 0 Å². The van der Waals surface area contributed by atoms with Crippen LogP contribution in [-0.4, -0.2) is 71.7 Å². The topological polar surface area (TPSA) is 41.6 Å². The molecule has 1 N–H and O–H groups in total. The molecule has 0 aromatic heterocycles. The highest BCUT2D eigenvalue weighted by Crippen LogP contribution is 2.25. The van der Waals surface area contributed by atoms with Crippen LogP contribution in [0.4, 0.5) is 0 Å². The van der Waals surface area contributed by atoms with Gasteiger partial charge in [-0.1, -0.05) is 0 Å². The first-order chi connectivity index (χ1) is 9.84. The molecule has 1 amide bonds. The van der Waals surface area contributed by atoms with Crippen LogP contribution in [0.1, 0.15) is 19.3 Å². The molecule has 3 aliphatic heterocycles. The van der Waals surface area contributed by atoms with Crippen LogP contribution >= 0.6 is 23.5 Å². The Morgan fingerprint density at radius 2 is 2.15 bits per heavy atom. The van der Waals surface area contributed by atoms with E-state index in [9.17, 15) is 4.79 Å². The Labute approximate surface area is 129 Å². The van der Waals surface area contributed by atoms with Crippen LogP contribution in [0.2, 0.25) is 0 Å². The molecule has 0 aromatic carbocycles. The SMILES string of the molecule is O=C(C1CSCCN1)N(CC1CCCO1)C1CCSC1. The fourth-order valence-corrected chi connectivity index (χ4v) is 5.27. The maximum atomic E-state index is 12.9. The minimum absolute atomic E-state index is 0.0146. The molecule has 3 heterocycles. The van der Waals surface area contributed by atoms with Crippen molar-refractivity contribution in [3.63, 3.8) is 0 Å². The van der Waals surface area contributed by atoms with Gasteiger partial charge in [0, 0.05) is 43.0 Å². The summed E-state index contributed by atoms with van der Waals surface area (Å²) in [5.41, 5.74) is 0. The maximum Gasteiger partial charge on any atom is 0.240 e. The van der Waals surface area contributed by atoms with Gasteiger partial charge in [0.25, 0.3) is 0 Å². The third kappa shape index (κ3) is 3.64. The van der Waals surface area contributed by atoms with E-state index in [0.717, 1.165) is 56.2 Å². The predicted molar refractivity (Wildman–Crippen MR) is 85.5 cm³/mol. The Morgan fingerprint density at radius 1 is 1.25 bits per heavy atom. The van der Waals surface area contributed by atoms with Gasteiger partial charge in [-0.05, 0) is 25.0 Å². The zero-order valence-corrected chi connectivity index (χ0v) is 13.5. The van der Waals surface area contributed by atoms with E-state index in [1.165, 1.54) is 5.75 Å². The molecule has 3 atom stereocenters. The molecule has 20 heavy (non-hydrogen) atoms. The first-order valence-corrected chi connectivity index (χ1v) is 9.96. The number of ether oxygens (including phenoxy) is 1. The fourth-order valence-electron chi connectivity index (χ4n) is 3.12. The second-order valence-electron chi connectivity index (χ2n) is 5.72. The number of hydrogen-bond acceptors (Lipinski definition) is 5. The van der Waals surface area contributed by atoms with Crippen molar-refractivity contribution >= 4 is 29.4 Å². The molecule has 0 aromatic rings. The van der Waals surface area contributed by atoms with Crippen molar-refractivity contribution < 1.29 is 9.53 Å². The summed E-state index contributed by atoms with van der Waals surface area (Å²) in [5, 5.41) is 3.39. The highest BCUT2D eigenvalue weighted by atomic mass is 32.2. The van der Waals surface area contributed by atoms with Crippen LogP contribution in [-0.2, 0) is 9.53 Å². The van der Waals surface area contributed by atoms with Gasteiger partial charge in [-0.15, -0.1) is 0 Å². The van der Waals surface area contributed by atoms with E-state index < -0.39 is 0 Å². The van der Waals surface area contributed by atoms with Gasteiger partial charge < -0.3 is 15.0 Å². The number of carbonyl (C=O) groups is 1. The summed E-state index contributed by atoms with van der Waals surface area (Å²) in [6.07, 6.45) is 3.66. The molecule has 3 rings (SSSR count). The standard InChI is InChI=1S/C14H24N2O2S2/c17-14(13-10-20-7-4-15-13)16(11-3-6-19-9-11)8-12-2-1-5-18-12/h11-13,15H,1-10H2. The average molecular weight is 316 g/mol. The lowest BCUT2D eigenvalue weighted by Crippen LogP contribution is -2.55. The first kappa shape index (κ1) is 15.0. The molecule has 6 heteroatoms. The Hall–Kier alpha value is 0.0900. The van der Waals surface area contributed by atoms with Crippen molar-refractivity contribution in [3.05, 3.63) is 0 Å². The zero-order chi connectivity index (χ0) is 13.8. The number of hydrogen-bond donors (Lipinski definition) is 1. The quantitative estimate of drug-likeness (QED) is 0.844. The molecule has 3 fully saturated rings. The van der Waals surface area contributed by atoms with Crippen molar-refractivity contribution in [2.24, 2.45) is 0 Å². The van der Waals surface area contributed by atoms with Crippen molar-refractivity contribution in [2.45, 2.75) is 37.5 Å². The minimum atomic E-state index is 0.0146. The largest absolute Gasteiger partial charge is 0.376 e. The number of nitrogens with one attached hydrogen (secondary N) is 1. The van der Waals surface area contributed by atoms with Crippen molar-refractivity contribution in [3.8, 4) is 0 Å². The van der Waals surface area contributed by atoms with Gasteiger partial charge in [-0.2, -0.15) is 23.5 Å². The molecule has 3 unspecified atom stereocenters. The molecule has 3 saturated heterocycles. The van der Waals surface area contributed by atoms with E-state index in [0.29, 0.717) is 11.9 Å². The number of amides is 1. The van der Waals surface area contributed by atoms with Crippen LogP contribution in [0, 0.1) is 0 Å². The van der Waals surface area contributed by atoms with Crippen molar-refractivity contribution in [2.75, 3.05) is 42.7 Å². The normalized spacial score (nSPS) is 34.3. The van der Waals surface area contributed by atoms with E-state index in [2.05, 4.69) is 10.2 Å². The molecule has 114 valence electrons. The summed E-state index contributed by atoms with van der Waals surface area (Å²) < 4.78 is 5.75. The Kier molecular flexibility index (Phi) is 5.54. The van der Waals surface area contributed by atoms with Crippen LogP contribution in [0.5, 0.6) is 0 Å². The van der Waals surface area contributed by atoms with Crippen LogP contribution in [0.3, 0.4) is 0 Å². The summed E-state index contributed by atoms with van der Waals surface area (Å²) in [4.78, 5) is 15.0. The van der Waals surface area contributed by atoms with Gasteiger partial charge in [0.15, 0.2) is 0 Å². The smallest absolute Gasteiger partial charge is 0.240 e. The van der Waals surface area contributed by atoms with E-state index >= 15 is 0 Å². The third-order valence-electron chi connectivity index (χ3n) is 4.27. The molecule has 0 saturated carbocycles. The number of nitrogens with zero attached hydrogens (tertiary/aromatic N) is 1. The summed E-state index contributed by atoms with van der Waals surface area (Å²) in [6.45, 7) is 2.62. The second-order valence-corrected chi connectivity index (χ2v) is 8.02. The zero-order valence-electron chi connectivity index (χ0n) is 11.9. The lowest BCUT2D eigenvalue weighted by atomic mass is 10.1. The Morgan fingerprint density at radius 3 is 2.80 bits per heavy atom. The summed E-state index contributed by atoms with van der Waals surface area (Å²) >= 11 is 3.86. The molecular weight excluding hydrogens is 292 g/mol. The minimum Gasteiger partial charge on any atom is -0.376 e. The number of rotatable bonds is 4. The Balaban J connectivity index is 1.64. The van der Waals surface area contributed by atoms with Crippen molar-refractivity contribution in [1.82, 2.24) is 10.2 Å². The molecular formula is C14H24N2O2S2. The number of thioether (sulfide) groups is 2. The van der Waals surface area contributed by atoms with Gasteiger partial charge in [0.1, 0.15) is 0 Å². The molecule has 0 radical (unpaired) electrons. The van der Waals surface area contributed by atoms with E-state index in [4.69, 9.17) is 4.74 Å². The first-order valence-electron chi connectivity index (χ1n) is 7.65. The molecule has 0 aliphatic carbocycles. The average Bonchev–Trinajstić information content (AvgIpc) is 3.18. The predicted octanol–water partition coefficient (Wildman–Crippen LogP) is 1.20. The van der Waals surface area contributed by atoms with Gasteiger partial charge in [-0.3, -0.25) is 4.79 Å². The van der Waals surface area contributed by atoms with Crippen LogP contribution in [0.25, 0.3) is 0 Å². The molecule has 0 bridgehead atoms. The fraction of sp³-hybridized carbons (Fsp3) is 0.929. The summed E-state index contributed by atoms with van der Waals surface area (Å²) in [6, 6.07) is 0.436. The summed E-state index contributed by atoms with van der Waals surface area (Å²) in [7, 11) is 0. The van der Waals surface area contributed by atoms with Gasteiger partial charge in [0.05, 0.1) is 12.1 Å². The van der Waals surface area contributed by atoms with Gasteiger partial charge >= 0.3 is 0 Å². The molecule has 0 spiro atoms. The molecule has 3 aliphatic rings. The summed E-state index contributed by atoms with van der Waals surface area (Å²) in [5.74, 6) is 4.63. The van der Waals surface area contributed by atoms with Crippen molar-refractivity contribution in [1.29, 1.82) is 0 Å². The number of carbonyl (C=O) groups excluding carboxylic acids is 1. The van der Waals surface area contributed by atoms with E-state index in [1.54, 1.807) is 0 Å². The molecule has 4 nitrogen and oxygen atoms in total. The highest BCUT2D eigenvalue weighted by Gasteiger charge is 2.34. The highest BCUT2D eigenvalue weighted by molar-refractivity contribution is 7.99.